The van der Waals surface area contributed by atoms with Gasteiger partial charge in [-0.05, 0) is 44.4 Å². The first-order valence-electron chi connectivity index (χ1n) is 19.4. The number of nitrogens with one attached hydrogen (secondary N) is 1. The smallest absolute Gasteiger partial charge is 0.228 e. The molecular formula is C44H37ClF4N8O3. The molecule has 3 aliphatic heterocycles. The van der Waals surface area contributed by atoms with E-state index < -0.39 is 23.3 Å². The predicted octanol–water partition coefficient (Wildman–Crippen LogP) is 9.06. The van der Waals surface area contributed by atoms with Gasteiger partial charge in [0, 0.05) is 92.2 Å². The van der Waals surface area contributed by atoms with Gasteiger partial charge in [-0.25, -0.2) is 32.5 Å². The number of nitrogens with zero attached hydrogens (tertiary/aromatic N) is 7. The summed E-state index contributed by atoms with van der Waals surface area (Å²) in [5.74, 6) is -1.64. The second-order valence-corrected chi connectivity index (χ2v) is 15.1. The zero-order chi connectivity index (χ0) is 42.2. The van der Waals surface area contributed by atoms with Crippen LogP contribution in [0.15, 0.2) is 60.8 Å². The van der Waals surface area contributed by atoms with E-state index in [9.17, 15) is 28.0 Å². The highest BCUT2D eigenvalue weighted by molar-refractivity contribution is 6.36. The molecule has 3 aromatic heterocycles. The fraction of sp³-hybridized carbons (Fsp3) is 0.273. The highest BCUT2D eigenvalue weighted by Gasteiger charge is 2.29. The molecule has 0 unspecified atom stereocenters. The number of hydrogen-bond donors (Lipinski definition) is 1. The van der Waals surface area contributed by atoms with Gasteiger partial charge in [0.05, 0.1) is 63.0 Å². The van der Waals surface area contributed by atoms with Gasteiger partial charge in [-0.1, -0.05) is 23.7 Å². The lowest BCUT2D eigenvalue weighted by Gasteiger charge is -2.29. The Morgan fingerprint density at radius 1 is 0.783 bits per heavy atom. The van der Waals surface area contributed by atoms with Crippen LogP contribution in [-0.2, 0) is 14.3 Å². The molecule has 6 aromatic rings. The van der Waals surface area contributed by atoms with Crippen molar-refractivity contribution in [2.24, 2.45) is 0 Å². The van der Waals surface area contributed by atoms with Crippen LogP contribution in [0.3, 0.4) is 0 Å². The topological polar surface area (TPSA) is 128 Å². The van der Waals surface area contributed by atoms with Crippen LogP contribution in [0, 0.1) is 48.4 Å². The summed E-state index contributed by atoms with van der Waals surface area (Å²) in [6.45, 7) is 6.98. The quantitative estimate of drug-likeness (QED) is 0.164. The van der Waals surface area contributed by atoms with Gasteiger partial charge < -0.3 is 15.0 Å². The van der Waals surface area contributed by atoms with E-state index in [0.29, 0.717) is 110 Å². The molecule has 0 saturated carbocycles. The molecule has 3 saturated heterocycles. The number of carbonyl (C=O) groups excluding carboxylic acids is 2. The zero-order valence-electron chi connectivity index (χ0n) is 32.6. The minimum atomic E-state index is -0.761. The maximum absolute atomic E-state index is 15.4. The van der Waals surface area contributed by atoms with E-state index in [0.717, 1.165) is 30.2 Å². The number of rotatable bonds is 6. The predicted molar refractivity (Wildman–Crippen MR) is 222 cm³/mol. The maximum Gasteiger partial charge on any atom is 0.228 e. The summed E-state index contributed by atoms with van der Waals surface area (Å²) in [5, 5.41) is 13.3. The summed E-state index contributed by atoms with van der Waals surface area (Å²) in [7, 11) is 0. The summed E-state index contributed by atoms with van der Waals surface area (Å²) >= 11 is 6.17. The van der Waals surface area contributed by atoms with Crippen LogP contribution in [-0.4, -0.2) is 66.2 Å². The number of amides is 2. The van der Waals surface area contributed by atoms with Crippen molar-refractivity contribution in [1.82, 2.24) is 15.0 Å². The van der Waals surface area contributed by atoms with Gasteiger partial charge in [0.1, 0.15) is 40.7 Å². The normalized spacial score (nSPS) is 15.5. The summed E-state index contributed by atoms with van der Waals surface area (Å²) in [6, 6.07) is 15.1. The van der Waals surface area contributed by atoms with Gasteiger partial charge in [-0.15, -0.1) is 0 Å². The number of benzene rings is 3. The average Bonchev–Trinajstić information content (AvgIpc) is 3.87. The van der Waals surface area contributed by atoms with Crippen LogP contribution in [0.2, 0.25) is 5.02 Å². The molecule has 3 fully saturated rings. The Balaban J connectivity index is 0.000000208. The van der Waals surface area contributed by atoms with E-state index in [4.69, 9.17) is 21.3 Å². The third-order valence-electron chi connectivity index (χ3n) is 10.8. The number of carbonyl (C=O) groups is 2. The molecule has 2 amide bonds. The SMILES string of the molecule is Cc1c(N2CCCC2=O)nc2cc(F)cc(F)c2c1Cl.Cc1c(N2CCCC2=O)nc2cc(F)cc(F)c2c1Nc1cc(N2CCOCC2)ncc1-c1cccc(C#N)c1. The van der Waals surface area contributed by atoms with Crippen molar-refractivity contribution in [1.29, 1.82) is 5.26 Å². The Bertz CT molecular complexity index is 2760. The molecule has 11 nitrogen and oxygen atoms in total. The highest BCUT2D eigenvalue weighted by atomic mass is 35.5. The fourth-order valence-corrected chi connectivity index (χ4v) is 8.07. The summed E-state index contributed by atoms with van der Waals surface area (Å²) in [5.41, 5.74) is 4.25. The van der Waals surface area contributed by atoms with E-state index in [1.807, 2.05) is 12.1 Å². The van der Waals surface area contributed by atoms with E-state index in [1.54, 1.807) is 43.1 Å². The third kappa shape index (κ3) is 7.76. The lowest BCUT2D eigenvalue weighted by Crippen LogP contribution is -2.36. The van der Waals surface area contributed by atoms with Crippen molar-refractivity contribution >= 4 is 74.0 Å². The van der Waals surface area contributed by atoms with Gasteiger partial charge in [-0.3, -0.25) is 19.4 Å². The molecule has 60 heavy (non-hydrogen) atoms. The maximum atomic E-state index is 15.4. The van der Waals surface area contributed by atoms with Gasteiger partial charge in [0.15, 0.2) is 0 Å². The number of fused-ring (bicyclic) bond motifs is 2. The minimum absolute atomic E-state index is 0.0482. The van der Waals surface area contributed by atoms with Crippen LogP contribution in [0.5, 0.6) is 0 Å². The number of hydrogen-bond acceptors (Lipinski definition) is 9. The van der Waals surface area contributed by atoms with Gasteiger partial charge >= 0.3 is 0 Å². The van der Waals surface area contributed by atoms with Gasteiger partial charge in [-0.2, -0.15) is 5.26 Å². The summed E-state index contributed by atoms with van der Waals surface area (Å²) < 4.78 is 62.4. The van der Waals surface area contributed by atoms with Crippen molar-refractivity contribution in [3.05, 3.63) is 106 Å². The van der Waals surface area contributed by atoms with E-state index >= 15 is 4.39 Å². The zero-order valence-corrected chi connectivity index (χ0v) is 33.3. The number of ether oxygens (including phenoxy) is 1. The van der Waals surface area contributed by atoms with Crippen LogP contribution in [0.4, 0.5) is 46.4 Å². The van der Waals surface area contributed by atoms with Crippen molar-refractivity contribution in [2.75, 3.05) is 59.4 Å². The van der Waals surface area contributed by atoms with Crippen LogP contribution >= 0.6 is 11.6 Å². The van der Waals surface area contributed by atoms with Crippen LogP contribution in [0.1, 0.15) is 42.4 Å². The molecular weight excluding hydrogens is 800 g/mol. The van der Waals surface area contributed by atoms with Gasteiger partial charge in [0.25, 0.3) is 0 Å². The Morgan fingerprint density at radius 3 is 1.98 bits per heavy atom. The Hall–Kier alpha value is -6.37. The number of nitriles is 1. The number of morpholine rings is 1. The molecule has 9 rings (SSSR count). The molecule has 1 N–H and O–H groups in total. The second kappa shape index (κ2) is 16.7. The highest BCUT2D eigenvalue weighted by Crippen LogP contribution is 2.41. The molecule has 0 atom stereocenters. The lowest BCUT2D eigenvalue weighted by molar-refractivity contribution is -0.117. The number of aromatic nitrogens is 3. The van der Waals surface area contributed by atoms with Gasteiger partial charge in [0.2, 0.25) is 11.8 Å². The van der Waals surface area contributed by atoms with Crippen molar-refractivity contribution < 1.29 is 31.9 Å². The minimum Gasteiger partial charge on any atom is -0.378 e. The Labute approximate surface area is 347 Å². The van der Waals surface area contributed by atoms with Crippen molar-refractivity contribution in [2.45, 2.75) is 39.5 Å². The van der Waals surface area contributed by atoms with Crippen molar-refractivity contribution in [3.8, 4) is 17.2 Å². The molecule has 0 radical (unpaired) electrons. The molecule has 3 aromatic carbocycles. The molecule has 16 heteroatoms. The molecule has 0 bridgehead atoms. The summed E-state index contributed by atoms with van der Waals surface area (Å²) in [6.07, 6.45) is 4.00. The summed E-state index contributed by atoms with van der Waals surface area (Å²) in [4.78, 5) is 43.1. The molecule has 306 valence electrons. The fourth-order valence-electron chi connectivity index (χ4n) is 7.80. The van der Waals surface area contributed by atoms with Crippen LogP contribution < -0.4 is 20.0 Å². The molecule has 3 aliphatic rings. The van der Waals surface area contributed by atoms with E-state index in [2.05, 4.69) is 26.3 Å². The standard InChI is InChI=1S/C30H26F2N6O2.C14H11ClF2N2O/c1-18-29(28-23(32)13-21(31)14-25(28)36-30(18)38-7-3-6-27(38)39)35-24-15-26(37-8-10-40-11-9-37)34-17-22(24)20-5-2-4-19(12-20)16-33;1-7-13(15)12-9(17)5-8(16)6-10(12)18-14(7)19-4-2-3-11(19)20/h2,4-5,12-15,17H,3,6-11H2,1H3,(H,34,35,36);5-6H,2-4H2,1H3. The number of anilines is 5. The first-order valence-corrected chi connectivity index (χ1v) is 19.7. The Morgan fingerprint density at radius 2 is 1.38 bits per heavy atom. The lowest BCUT2D eigenvalue weighted by atomic mass is 10.0. The first kappa shape index (κ1) is 40.4. The largest absolute Gasteiger partial charge is 0.378 e. The Kier molecular flexibility index (Phi) is 11.3. The van der Waals surface area contributed by atoms with Crippen molar-refractivity contribution in [3.63, 3.8) is 0 Å². The first-order chi connectivity index (χ1) is 28.9. The number of halogens is 5. The molecule has 6 heterocycles. The van der Waals surface area contributed by atoms with E-state index in [1.165, 1.54) is 11.0 Å². The molecule has 0 aliphatic carbocycles. The third-order valence-corrected chi connectivity index (χ3v) is 11.3. The van der Waals surface area contributed by atoms with Crippen LogP contribution in [0.25, 0.3) is 32.9 Å². The number of pyridine rings is 3. The average molecular weight is 837 g/mol. The second-order valence-electron chi connectivity index (χ2n) is 14.7. The van der Waals surface area contributed by atoms with E-state index in [-0.39, 0.29) is 38.6 Å². The molecule has 0 spiro atoms. The monoisotopic (exact) mass is 836 g/mol.